The summed E-state index contributed by atoms with van der Waals surface area (Å²) < 4.78 is 0.171. The van der Waals surface area contributed by atoms with Gasteiger partial charge < -0.3 is 15.7 Å². The van der Waals surface area contributed by atoms with Crippen LogP contribution in [0.4, 0.5) is 4.79 Å². The van der Waals surface area contributed by atoms with E-state index >= 15 is 0 Å². The summed E-state index contributed by atoms with van der Waals surface area (Å²) >= 11 is 1.94. The maximum absolute atomic E-state index is 12.2. The third kappa shape index (κ3) is 5.21. The van der Waals surface area contributed by atoms with Crippen LogP contribution in [0.25, 0.3) is 0 Å². The molecular formula is C17H26N2O2S. The molecule has 4 nitrogen and oxygen atoms in total. The van der Waals surface area contributed by atoms with Crippen LogP contribution in [-0.2, 0) is 0 Å². The van der Waals surface area contributed by atoms with E-state index in [1.165, 1.54) is 12.2 Å². The van der Waals surface area contributed by atoms with Gasteiger partial charge in [0, 0.05) is 17.9 Å². The van der Waals surface area contributed by atoms with Gasteiger partial charge in [-0.1, -0.05) is 30.3 Å². The van der Waals surface area contributed by atoms with Crippen LogP contribution in [0.3, 0.4) is 0 Å². The summed E-state index contributed by atoms with van der Waals surface area (Å²) in [4.78, 5) is 12.2. The van der Waals surface area contributed by atoms with Crippen LogP contribution < -0.4 is 10.6 Å². The summed E-state index contributed by atoms with van der Waals surface area (Å²) in [5.41, 5.74) is 1.08. The van der Waals surface area contributed by atoms with Crippen molar-refractivity contribution < 1.29 is 9.90 Å². The fourth-order valence-corrected chi connectivity index (χ4v) is 4.00. The van der Waals surface area contributed by atoms with Gasteiger partial charge in [-0.2, -0.15) is 11.8 Å². The van der Waals surface area contributed by atoms with Crippen LogP contribution in [0.2, 0.25) is 0 Å². The first-order chi connectivity index (χ1) is 10.6. The number of carbonyl (C=O) groups excluding carboxylic acids is 1. The van der Waals surface area contributed by atoms with Crippen LogP contribution in [0.1, 0.15) is 44.2 Å². The van der Waals surface area contributed by atoms with Crippen molar-refractivity contribution in [3.63, 3.8) is 0 Å². The average molecular weight is 322 g/mol. The van der Waals surface area contributed by atoms with Gasteiger partial charge in [0.15, 0.2) is 0 Å². The van der Waals surface area contributed by atoms with E-state index in [1.807, 2.05) is 42.1 Å². The highest BCUT2D eigenvalue weighted by Gasteiger charge is 2.29. The average Bonchev–Trinajstić information content (AvgIpc) is 2.97. The van der Waals surface area contributed by atoms with Gasteiger partial charge in [-0.25, -0.2) is 4.79 Å². The van der Waals surface area contributed by atoms with E-state index < -0.39 is 0 Å². The molecule has 0 bridgehead atoms. The number of hydrogen-bond acceptors (Lipinski definition) is 3. The molecule has 1 aromatic carbocycles. The van der Waals surface area contributed by atoms with E-state index in [1.54, 1.807) is 0 Å². The number of urea groups is 1. The minimum absolute atomic E-state index is 0.0580. The zero-order valence-corrected chi connectivity index (χ0v) is 14.0. The summed E-state index contributed by atoms with van der Waals surface area (Å²) in [7, 11) is 0. The van der Waals surface area contributed by atoms with E-state index in [0.717, 1.165) is 18.4 Å². The van der Waals surface area contributed by atoms with Gasteiger partial charge in [0.05, 0.1) is 6.04 Å². The Balaban J connectivity index is 1.87. The van der Waals surface area contributed by atoms with Gasteiger partial charge in [0.1, 0.15) is 0 Å². The standard InChI is InChI=1S/C17H26N2O2S/c1-17(10-6-12-22-17)13-18-16(21)19-15(9-5-11-20)14-7-3-2-4-8-14/h2-4,7-8,15,20H,5-6,9-13H2,1H3,(H2,18,19,21). The predicted octanol–water partition coefficient (Wildman–Crippen LogP) is 3.09. The Morgan fingerprint density at radius 1 is 1.41 bits per heavy atom. The molecule has 1 aromatic rings. The Labute approximate surface area is 137 Å². The Morgan fingerprint density at radius 3 is 2.82 bits per heavy atom. The van der Waals surface area contributed by atoms with Crippen LogP contribution in [0, 0.1) is 0 Å². The fourth-order valence-electron chi connectivity index (χ4n) is 2.76. The first kappa shape index (κ1) is 17.2. The molecule has 2 amide bonds. The van der Waals surface area contributed by atoms with Crippen molar-refractivity contribution in [2.75, 3.05) is 18.9 Å². The smallest absolute Gasteiger partial charge is 0.315 e. The Morgan fingerprint density at radius 2 is 2.18 bits per heavy atom. The highest BCUT2D eigenvalue weighted by Crippen LogP contribution is 2.36. The number of rotatable bonds is 7. The second-order valence-corrected chi connectivity index (χ2v) is 7.74. The lowest BCUT2D eigenvalue weighted by molar-refractivity contribution is 0.232. The molecular weight excluding hydrogens is 296 g/mol. The van der Waals surface area contributed by atoms with E-state index in [-0.39, 0.29) is 23.4 Å². The molecule has 122 valence electrons. The topological polar surface area (TPSA) is 61.4 Å². The minimum atomic E-state index is -0.125. The third-order valence-corrected chi connectivity index (χ3v) is 5.62. The van der Waals surface area contributed by atoms with Crippen molar-refractivity contribution in [1.29, 1.82) is 0 Å². The monoisotopic (exact) mass is 322 g/mol. The lowest BCUT2D eigenvalue weighted by atomic mass is 10.0. The van der Waals surface area contributed by atoms with Gasteiger partial charge >= 0.3 is 6.03 Å². The molecule has 5 heteroatoms. The maximum Gasteiger partial charge on any atom is 0.315 e. The fraction of sp³-hybridized carbons (Fsp3) is 0.588. The second kappa shape index (κ2) is 8.44. The molecule has 22 heavy (non-hydrogen) atoms. The minimum Gasteiger partial charge on any atom is -0.396 e. The van der Waals surface area contributed by atoms with Crippen molar-refractivity contribution in [2.45, 2.75) is 43.4 Å². The summed E-state index contributed by atoms with van der Waals surface area (Å²) in [6.07, 6.45) is 3.80. The van der Waals surface area contributed by atoms with E-state index in [0.29, 0.717) is 13.0 Å². The molecule has 0 aromatic heterocycles. The number of nitrogens with one attached hydrogen (secondary N) is 2. The SMILES string of the molecule is CC1(CNC(=O)NC(CCCO)c2ccccc2)CCCS1. The number of carbonyl (C=O) groups is 1. The highest BCUT2D eigenvalue weighted by atomic mass is 32.2. The number of amides is 2. The van der Waals surface area contributed by atoms with Crippen LogP contribution in [-0.4, -0.2) is 34.8 Å². The van der Waals surface area contributed by atoms with Crippen LogP contribution in [0.15, 0.2) is 30.3 Å². The first-order valence-corrected chi connectivity index (χ1v) is 8.96. The Bertz CT molecular complexity index is 461. The number of thioether (sulfide) groups is 1. The first-order valence-electron chi connectivity index (χ1n) is 7.97. The molecule has 1 aliphatic heterocycles. The molecule has 0 saturated carbocycles. The molecule has 3 N–H and O–H groups in total. The van der Waals surface area contributed by atoms with Gasteiger partial charge in [0.2, 0.25) is 0 Å². The zero-order chi connectivity index (χ0) is 15.8. The Kier molecular flexibility index (Phi) is 6.58. The van der Waals surface area contributed by atoms with Gasteiger partial charge in [-0.15, -0.1) is 0 Å². The van der Waals surface area contributed by atoms with Crippen molar-refractivity contribution in [3.8, 4) is 0 Å². The number of hydrogen-bond donors (Lipinski definition) is 3. The van der Waals surface area contributed by atoms with Crippen LogP contribution in [0.5, 0.6) is 0 Å². The molecule has 1 saturated heterocycles. The Hall–Kier alpha value is -1.20. The van der Waals surface area contributed by atoms with Gasteiger partial charge in [0.25, 0.3) is 0 Å². The van der Waals surface area contributed by atoms with E-state index in [9.17, 15) is 4.79 Å². The molecule has 2 unspecified atom stereocenters. The largest absolute Gasteiger partial charge is 0.396 e. The van der Waals surface area contributed by atoms with E-state index in [2.05, 4.69) is 17.6 Å². The normalized spacial score (nSPS) is 22.3. The molecule has 1 fully saturated rings. The molecule has 1 heterocycles. The van der Waals surface area contributed by atoms with Gasteiger partial charge in [-0.05, 0) is 43.9 Å². The molecule has 0 spiro atoms. The van der Waals surface area contributed by atoms with Gasteiger partial charge in [-0.3, -0.25) is 0 Å². The number of benzene rings is 1. The highest BCUT2D eigenvalue weighted by molar-refractivity contribution is 8.00. The molecule has 0 radical (unpaired) electrons. The summed E-state index contributed by atoms with van der Waals surface area (Å²) in [5, 5.41) is 15.1. The molecule has 1 aliphatic rings. The van der Waals surface area contributed by atoms with Crippen LogP contribution >= 0.6 is 11.8 Å². The molecule has 2 rings (SSSR count). The lowest BCUT2D eigenvalue weighted by Crippen LogP contribution is -2.43. The summed E-state index contributed by atoms with van der Waals surface area (Å²) in [6.45, 7) is 3.05. The third-order valence-electron chi connectivity index (χ3n) is 4.08. The maximum atomic E-state index is 12.2. The number of aliphatic hydroxyl groups is 1. The molecule has 0 aliphatic carbocycles. The zero-order valence-electron chi connectivity index (χ0n) is 13.2. The molecule has 2 atom stereocenters. The van der Waals surface area contributed by atoms with Crippen molar-refractivity contribution >= 4 is 17.8 Å². The lowest BCUT2D eigenvalue weighted by Gasteiger charge is -2.25. The quantitative estimate of drug-likeness (QED) is 0.723. The van der Waals surface area contributed by atoms with E-state index in [4.69, 9.17) is 5.11 Å². The van der Waals surface area contributed by atoms with Crippen molar-refractivity contribution in [2.24, 2.45) is 0 Å². The van der Waals surface area contributed by atoms with Crippen molar-refractivity contribution in [1.82, 2.24) is 10.6 Å². The predicted molar refractivity (Wildman–Crippen MR) is 92.1 cm³/mol. The summed E-state index contributed by atoms with van der Waals surface area (Å²) in [5.74, 6) is 1.18. The second-order valence-electron chi connectivity index (χ2n) is 6.06. The van der Waals surface area contributed by atoms with Crippen molar-refractivity contribution in [3.05, 3.63) is 35.9 Å². The summed E-state index contributed by atoms with van der Waals surface area (Å²) in [6, 6.07) is 9.74. The number of aliphatic hydroxyl groups excluding tert-OH is 1.